The lowest BCUT2D eigenvalue weighted by atomic mass is 9.98. The lowest BCUT2D eigenvalue weighted by molar-refractivity contribution is -0.137. The van der Waals surface area contributed by atoms with Crippen LogP contribution in [0.25, 0.3) is 5.69 Å². The molecule has 1 aromatic heterocycles. The number of aryl methyl sites for hydroxylation is 1. The zero-order valence-electron chi connectivity index (χ0n) is 17.3. The predicted octanol–water partition coefficient (Wildman–Crippen LogP) is 3.39. The summed E-state index contributed by atoms with van der Waals surface area (Å²) in [6, 6.07) is 5.63. The Kier molecular flexibility index (Phi) is 5.43. The molecule has 2 heterocycles. The fourth-order valence-corrected chi connectivity index (χ4v) is 4.21. The van der Waals surface area contributed by atoms with E-state index in [-0.39, 0.29) is 30.4 Å². The van der Waals surface area contributed by atoms with Crippen molar-refractivity contribution in [3.63, 3.8) is 0 Å². The van der Waals surface area contributed by atoms with Gasteiger partial charge in [0.25, 0.3) is 5.91 Å². The van der Waals surface area contributed by atoms with Crippen LogP contribution < -0.4 is 10.6 Å². The van der Waals surface area contributed by atoms with Crippen molar-refractivity contribution in [1.29, 1.82) is 0 Å². The van der Waals surface area contributed by atoms with E-state index in [1.54, 1.807) is 6.92 Å². The van der Waals surface area contributed by atoms with Crippen molar-refractivity contribution in [1.82, 2.24) is 20.0 Å². The van der Waals surface area contributed by atoms with Gasteiger partial charge in [-0.2, -0.15) is 18.3 Å². The molecule has 11 heteroatoms. The molecule has 1 aliphatic carbocycles. The van der Waals surface area contributed by atoms with Crippen LogP contribution in [0.4, 0.5) is 23.8 Å². The Morgan fingerprint density at radius 3 is 2.62 bits per heavy atom. The summed E-state index contributed by atoms with van der Waals surface area (Å²) in [5.74, 6) is -0.611. The first-order valence-electron chi connectivity index (χ1n) is 10.3. The molecule has 2 aliphatic rings. The van der Waals surface area contributed by atoms with Gasteiger partial charge < -0.3 is 10.6 Å². The number of anilines is 1. The number of hydrogen-bond donors (Lipinski definition) is 2. The van der Waals surface area contributed by atoms with Crippen molar-refractivity contribution in [2.24, 2.45) is 0 Å². The Balaban J connectivity index is 1.45. The minimum absolute atomic E-state index is 0.0884. The minimum Gasteiger partial charge on any atom is -0.323 e. The molecule has 2 aromatic rings. The summed E-state index contributed by atoms with van der Waals surface area (Å²) in [7, 11) is 0. The van der Waals surface area contributed by atoms with Crippen LogP contribution >= 0.6 is 0 Å². The summed E-state index contributed by atoms with van der Waals surface area (Å²) in [5, 5.41) is 9.54. The Bertz CT molecular complexity index is 1070. The van der Waals surface area contributed by atoms with Crippen LogP contribution in [0, 0.1) is 6.92 Å². The quantitative estimate of drug-likeness (QED) is 0.684. The number of alkyl halides is 3. The van der Waals surface area contributed by atoms with E-state index in [4.69, 9.17) is 0 Å². The summed E-state index contributed by atoms with van der Waals surface area (Å²) in [4.78, 5) is 38.5. The highest BCUT2D eigenvalue weighted by molar-refractivity contribution is 6.07. The van der Waals surface area contributed by atoms with Gasteiger partial charge in [-0.15, -0.1) is 0 Å². The highest BCUT2D eigenvalue weighted by Crippen LogP contribution is 2.35. The number of urea groups is 1. The van der Waals surface area contributed by atoms with E-state index in [0.29, 0.717) is 18.5 Å². The average molecular weight is 449 g/mol. The maximum atomic E-state index is 13.1. The first-order chi connectivity index (χ1) is 15.1. The van der Waals surface area contributed by atoms with Crippen molar-refractivity contribution in [3.05, 3.63) is 41.6 Å². The van der Waals surface area contributed by atoms with Crippen LogP contribution in [0.1, 0.15) is 43.4 Å². The molecular formula is C21H22F3N5O3. The molecular weight excluding hydrogens is 427 g/mol. The van der Waals surface area contributed by atoms with Gasteiger partial charge in [-0.3, -0.25) is 14.5 Å². The highest BCUT2D eigenvalue weighted by atomic mass is 19.4. The number of nitrogens with zero attached hydrogens (tertiary/aromatic N) is 3. The third-order valence-corrected chi connectivity index (χ3v) is 5.78. The van der Waals surface area contributed by atoms with Crippen molar-refractivity contribution >= 4 is 23.7 Å². The molecule has 32 heavy (non-hydrogen) atoms. The summed E-state index contributed by atoms with van der Waals surface area (Å²) < 4.78 is 40.4. The number of imide groups is 1. The summed E-state index contributed by atoms with van der Waals surface area (Å²) in [6.45, 7) is 1.56. The van der Waals surface area contributed by atoms with E-state index in [1.807, 2.05) is 0 Å². The summed E-state index contributed by atoms with van der Waals surface area (Å²) in [6.07, 6.45) is -1.76. The van der Waals surface area contributed by atoms with Crippen LogP contribution in [0.5, 0.6) is 0 Å². The Labute approximate surface area is 181 Å². The second-order valence-corrected chi connectivity index (χ2v) is 8.11. The zero-order valence-corrected chi connectivity index (χ0v) is 17.3. The van der Waals surface area contributed by atoms with Gasteiger partial charge in [-0.1, -0.05) is 18.9 Å². The molecule has 0 unspecified atom stereocenters. The van der Waals surface area contributed by atoms with Crippen molar-refractivity contribution in [2.45, 2.75) is 50.7 Å². The number of carbonyl (C=O) groups is 3. The molecule has 1 aromatic carbocycles. The molecule has 2 fully saturated rings. The van der Waals surface area contributed by atoms with Crippen LogP contribution in [0.15, 0.2) is 30.3 Å². The van der Waals surface area contributed by atoms with Crippen molar-refractivity contribution in [2.75, 3.05) is 11.9 Å². The molecule has 4 rings (SSSR count). The Morgan fingerprint density at radius 1 is 1.22 bits per heavy atom. The molecule has 1 aliphatic heterocycles. The van der Waals surface area contributed by atoms with Gasteiger partial charge in [0.05, 0.1) is 16.9 Å². The van der Waals surface area contributed by atoms with E-state index < -0.39 is 29.2 Å². The lowest BCUT2D eigenvalue weighted by Gasteiger charge is -2.19. The fourth-order valence-electron chi connectivity index (χ4n) is 4.21. The van der Waals surface area contributed by atoms with Gasteiger partial charge in [0.2, 0.25) is 5.91 Å². The van der Waals surface area contributed by atoms with E-state index >= 15 is 0 Å². The number of rotatable bonds is 5. The fraction of sp³-hybridized carbons (Fsp3) is 0.429. The molecule has 0 radical (unpaired) electrons. The normalized spacial score (nSPS) is 17.8. The standard InChI is InChI=1S/C21H22F3N5O3/c1-13-11-16(29(27-13)15-6-4-5-14(12-15)21(22,23)24)25-17(30)7-10-28-18(31)20(26-19(28)32)8-2-3-9-20/h4-6,11-12H,2-3,7-10H2,1H3,(H,25,30)(H,26,32). The van der Waals surface area contributed by atoms with Crippen LogP contribution in [0.3, 0.4) is 0 Å². The Hall–Kier alpha value is -3.37. The second-order valence-electron chi connectivity index (χ2n) is 8.11. The molecule has 4 amide bonds. The van der Waals surface area contributed by atoms with Crippen molar-refractivity contribution < 1.29 is 27.6 Å². The van der Waals surface area contributed by atoms with E-state index in [0.717, 1.165) is 29.9 Å². The monoisotopic (exact) mass is 449 g/mol. The molecule has 170 valence electrons. The predicted molar refractivity (Wildman–Crippen MR) is 108 cm³/mol. The van der Waals surface area contributed by atoms with Crippen LogP contribution in [-0.2, 0) is 15.8 Å². The number of aromatic nitrogens is 2. The van der Waals surface area contributed by atoms with E-state index in [1.165, 1.54) is 22.9 Å². The molecule has 1 saturated heterocycles. The zero-order chi connectivity index (χ0) is 23.1. The summed E-state index contributed by atoms with van der Waals surface area (Å²) in [5.41, 5.74) is -1.04. The SMILES string of the molecule is Cc1cc(NC(=O)CCN2C(=O)NC3(CCCC3)C2=O)n(-c2cccc(C(F)(F)F)c2)n1. The number of benzene rings is 1. The first kappa shape index (κ1) is 21.8. The van der Waals surface area contributed by atoms with E-state index in [2.05, 4.69) is 15.7 Å². The number of halogens is 3. The Morgan fingerprint density at radius 2 is 1.94 bits per heavy atom. The smallest absolute Gasteiger partial charge is 0.323 e. The molecule has 2 N–H and O–H groups in total. The molecule has 1 spiro atoms. The number of amides is 4. The largest absolute Gasteiger partial charge is 0.416 e. The van der Waals surface area contributed by atoms with Crippen molar-refractivity contribution in [3.8, 4) is 5.69 Å². The highest BCUT2D eigenvalue weighted by Gasteiger charge is 2.52. The molecule has 8 nitrogen and oxygen atoms in total. The topological polar surface area (TPSA) is 96.3 Å². The summed E-state index contributed by atoms with van der Waals surface area (Å²) >= 11 is 0. The lowest BCUT2D eigenvalue weighted by Crippen LogP contribution is -2.44. The maximum Gasteiger partial charge on any atom is 0.416 e. The van der Waals surface area contributed by atoms with Gasteiger partial charge in [0, 0.05) is 19.0 Å². The third kappa shape index (κ3) is 4.06. The van der Waals surface area contributed by atoms with Crippen LogP contribution in [-0.4, -0.2) is 44.6 Å². The number of hydrogen-bond acceptors (Lipinski definition) is 4. The molecule has 0 bridgehead atoms. The number of carbonyl (C=O) groups excluding carboxylic acids is 3. The maximum absolute atomic E-state index is 13.1. The van der Waals surface area contributed by atoms with Gasteiger partial charge in [0.1, 0.15) is 11.4 Å². The molecule has 1 saturated carbocycles. The third-order valence-electron chi connectivity index (χ3n) is 5.78. The van der Waals surface area contributed by atoms with Crippen LogP contribution in [0.2, 0.25) is 0 Å². The van der Waals surface area contributed by atoms with Gasteiger partial charge in [-0.25, -0.2) is 9.48 Å². The first-order valence-corrected chi connectivity index (χ1v) is 10.3. The van der Waals surface area contributed by atoms with E-state index in [9.17, 15) is 27.6 Å². The van der Waals surface area contributed by atoms with Gasteiger partial charge in [0.15, 0.2) is 0 Å². The second kappa shape index (κ2) is 7.95. The minimum atomic E-state index is -4.51. The van der Waals surface area contributed by atoms with Gasteiger partial charge >= 0.3 is 12.2 Å². The molecule has 0 atom stereocenters. The average Bonchev–Trinajstić information content (AvgIpc) is 3.40. The number of nitrogens with one attached hydrogen (secondary N) is 2. The van der Waals surface area contributed by atoms with Gasteiger partial charge in [-0.05, 0) is 38.0 Å².